The van der Waals surface area contributed by atoms with Gasteiger partial charge >= 0.3 is 12.0 Å². The Balaban J connectivity index is 1.82. The highest BCUT2D eigenvalue weighted by Crippen LogP contribution is 2.15. The number of hydrogen-bond donors (Lipinski definition) is 2. The van der Waals surface area contributed by atoms with E-state index in [2.05, 4.69) is 5.32 Å². The first kappa shape index (κ1) is 14.8. The Morgan fingerprint density at radius 1 is 1.60 bits per heavy atom. The van der Waals surface area contributed by atoms with E-state index in [0.29, 0.717) is 26.2 Å². The number of aliphatic carboxylic acids is 1. The van der Waals surface area contributed by atoms with Crippen LogP contribution in [0.1, 0.15) is 16.9 Å². The molecule has 1 aliphatic heterocycles. The number of amides is 2. The van der Waals surface area contributed by atoms with Gasteiger partial charge in [-0.2, -0.15) is 0 Å². The molecule has 0 saturated carbocycles. The summed E-state index contributed by atoms with van der Waals surface area (Å²) < 4.78 is 5.34. The minimum atomic E-state index is -0.911. The van der Waals surface area contributed by atoms with Crippen LogP contribution < -0.4 is 5.32 Å². The number of thiophene rings is 1. The zero-order valence-corrected chi connectivity index (χ0v) is 12.1. The standard InChI is InChI=1S/C13H18N2O4S/c1-9-2-5-20-11(9)7-14-13(18)15-3-4-19-10(8-15)6-12(16)17/h2,5,10H,3-4,6-8H2,1H3,(H,14,18)(H,16,17). The molecule has 20 heavy (non-hydrogen) atoms. The minimum absolute atomic E-state index is 0.0756. The Morgan fingerprint density at radius 3 is 3.05 bits per heavy atom. The fourth-order valence-electron chi connectivity index (χ4n) is 2.07. The van der Waals surface area contributed by atoms with Crippen LogP contribution in [0.2, 0.25) is 0 Å². The second-order valence-electron chi connectivity index (χ2n) is 4.72. The molecule has 2 amide bonds. The molecule has 110 valence electrons. The lowest BCUT2D eigenvalue weighted by Gasteiger charge is -2.32. The second-order valence-corrected chi connectivity index (χ2v) is 5.72. The Labute approximate surface area is 121 Å². The maximum Gasteiger partial charge on any atom is 0.317 e. The third kappa shape index (κ3) is 3.94. The van der Waals surface area contributed by atoms with Gasteiger partial charge in [0.1, 0.15) is 0 Å². The first-order valence-corrected chi connectivity index (χ1v) is 7.33. The quantitative estimate of drug-likeness (QED) is 0.881. The van der Waals surface area contributed by atoms with E-state index in [4.69, 9.17) is 9.84 Å². The molecule has 1 aliphatic rings. The molecule has 0 radical (unpaired) electrons. The van der Waals surface area contributed by atoms with Crippen LogP contribution in [0.15, 0.2) is 11.4 Å². The summed E-state index contributed by atoms with van der Waals surface area (Å²) in [5.74, 6) is -0.911. The fraction of sp³-hybridized carbons (Fsp3) is 0.538. The van der Waals surface area contributed by atoms with E-state index in [1.807, 2.05) is 18.4 Å². The van der Waals surface area contributed by atoms with Crippen molar-refractivity contribution in [2.75, 3.05) is 19.7 Å². The third-order valence-electron chi connectivity index (χ3n) is 3.20. The van der Waals surface area contributed by atoms with Gasteiger partial charge in [0.15, 0.2) is 0 Å². The van der Waals surface area contributed by atoms with E-state index in [0.717, 1.165) is 4.88 Å². The fourth-order valence-corrected chi connectivity index (χ4v) is 2.92. The number of aryl methyl sites for hydroxylation is 1. The van der Waals surface area contributed by atoms with Gasteiger partial charge in [0.25, 0.3) is 0 Å². The molecule has 2 rings (SSSR count). The number of carboxylic acid groups (broad SMARTS) is 1. The van der Waals surface area contributed by atoms with Gasteiger partial charge in [-0.15, -0.1) is 11.3 Å². The lowest BCUT2D eigenvalue weighted by molar-refractivity contribution is -0.141. The number of rotatable bonds is 4. The highest BCUT2D eigenvalue weighted by atomic mass is 32.1. The molecule has 1 aromatic heterocycles. The Hall–Kier alpha value is -1.60. The molecule has 1 atom stereocenters. The highest BCUT2D eigenvalue weighted by Gasteiger charge is 2.25. The number of nitrogens with one attached hydrogen (secondary N) is 1. The van der Waals surface area contributed by atoms with Crippen molar-refractivity contribution in [2.24, 2.45) is 0 Å². The molecule has 1 saturated heterocycles. The van der Waals surface area contributed by atoms with Crippen molar-refractivity contribution in [2.45, 2.75) is 26.0 Å². The van der Waals surface area contributed by atoms with Crippen molar-refractivity contribution in [3.8, 4) is 0 Å². The predicted molar refractivity (Wildman–Crippen MR) is 74.9 cm³/mol. The van der Waals surface area contributed by atoms with Gasteiger partial charge in [0.05, 0.1) is 25.7 Å². The zero-order valence-electron chi connectivity index (χ0n) is 11.3. The normalized spacial score (nSPS) is 18.9. The smallest absolute Gasteiger partial charge is 0.317 e. The molecular weight excluding hydrogens is 280 g/mol. The van der Waals surface area contributed by atoms with Crippen LogP contribution in [0.25, 0.3) is 0 Å². The van der Waals surface area contributed by atoms with Gasteiger partial charge in [-0.05, 0) is 23.9 Å². The van der Waals surface area contributed by atoms with Crippen molar-refractivity contribution in [3.05, 3.63) is 21.9 Å². The van der Waals surface area contributed by atoms with Gasteiger partial charge in [0.2, 0.25) is 0 Å². The van der Waals surface area contributed by atoms with Crippen molar-refractivity contribution in [1.82, 2.24) is 10.2 Å². The Kier molecular flexibility index (Phi) is 4.97. The maximum atomic E-state index is 12.1. The van der Waals surface area contributed by atoms with Crippen LogP contribution in [0, 0.1) is 6.92 Å². The largest absolute Gasteiger partial charge is 0.481 e. The van der Waals surface area contributed by atoms with Crippen LogP contribution in [0.3, 0.4) is 0 Å². The predicted octanol–water partition coefficient (Wildman–Crippen LogP) is 1.44. The first-order valence-electron chi connectivity index (χ1n) is 6.45. The molecule has 0 aliphatic carbocycles. The van der Waals surface area contributed by atoms with Crippen LogP contribution >= 0.6 is 11.3 Å². The minimum Gasteiger partial charge on any atom is -0.481 e. The van der Waals surface area contributed by atoms with E-state index in [-0.39, 0.29) is 12.5 Å². The summed E-state index contributed by atoms with van der Waals surface area (Å²) in [6, 6.07) is 1.85. The van der Waals surface area contributed by atoms with Crippen molar-refractivity contribution >= 4 is 23.3 Å². The van der Waals surface area contributed by atoms with Gasteiger partial charge in [-0.25, -0.2) is 4.79 Å². The number of carboxylic acids is 1. The van der Waals surface area contributed by atoms with E-state index in [9.17, 15) is 9.59 Å². The Morgan fingerprint density at radius 2 is 2.40 bits per heavy atom. The lowest BCUT2D eigenvalue weighted by atomic mass is 10.2. The molecule has 1 fully saturated rings. The van der Waals surface area contributed by atoms with E-state index >= 15 is 0 Å². The number of morpholine rings is 1. The number of carbonyl (C=O) groups excluding carboxylic acids is 1. The van der Waals surface area contributed by atoms with Crippen molar-refractivity contribution in [3.63, 3.8) is 0 Å². The van der Waals surface area contributed by atoms with Crippen LogP contribution in [-0.4, -0.2) is 47.8 Å². The first-order chi connectivity index (χ1) is 9.56. The van der Waals surface area contributed by atoms with E-state index in [1.165, 1.54) is 5.56 Å². The molecular formula is C13H18N2O4S. The van der Waals surface area contributed by atoms with E-state index in [1.54, 1.807) is 16.2 Å². The number of nitrogens with zero attached hydrogens (tertiary/aromatic N) is 1. The summed E-state index contributed by atoms with van der Waals surface area (Å²) >= 11 is 1.61. The summed E-state index contributed by atoms with van der Waals surface area (Å²) in [7, 11) is 0. The van der Waals surface area contributed by atoms with Gasteiger partial charge in [0, 0.05) is 18.0 Å². The number of ether oxygens (including phenoxy) is 1. The summed E-state index contributed by atoms with van der Waals surface area (Å²) in [5.41, 5.74) is 1.17. The molecule has 0 aromatic carbocycles. The second kappa shape index (κ2) is 6.71. The monoisotopic (exact) mass is 298 g/mol. The summed E-state index contributed by atoms with van der Waals surface area (Å²) in [4.78, 5) is 25.5. The average molecular weight is 298 g/mol. The topological polar surface area (TPSA) is 78.9 Å². The molecule has 1 aromatic rings. The third-order valence-corrected chi connectivity index (χ3v) is 4.22. The van der Waals surface area contributed by atoms with Crippen LogP contribution in [0.5, 0.6) is 0 Å². The zero-order chi connectivity index (χ0) is 14.5. The molecule has 6 nitrogen and oxygen atoms in total. The number of urea groups is 1. The van der Waals surface area contributed by atoms with E-state index < -0.39 is 12.1 Å². The highest BCUT2D eigenvalue weighted by molar-refractivity contribution is 7.10. The summed E-state index contributed by atoms with van der Waals surface area (Å²) in [6.45, 7) is 3.70. The lowest BCUT2D eigenvalue weighted by Crippen LogP contribution is -2.49. The molecule has 0 spiro atoms. The van der Waals surface area contributed by atoms with Gasteiger partial charge in [-0.1, -0.05) is 0 Å². The number of carbonyl (C=O) groups is 2. The SMILES string of the molecule is Cc1ccsc1CNC(=O)N1CCOC(CC(=O)O)C1. The van der Waals surface area contributed by atoms with Gasteiger partial charge < -0.3 is 20.1 Å². The van der Waals surface area contributed by atoms with Crippen LogP contribution in [0.4, 0.5) is 4.79 Å². The molecule has 7 heteroatoms. The molecule has 0 bridgehead atoms. The summed E-state index contributed by atoms with van der Waals surface area (Å²) in [5, 5.41) is 13.6. The summed E-state index contributed by atoms with van der Waals surface area (Å²) in [6.07, 6.45) is -0.496. The number of hydrogen-bond acceptors (Lipinski definition) is 4. The molecule has 2 heterocycles. The van der Waals surface area contributed by atoms with Crippen LogP contribution in [-0.2, 0) is 16.1 Å². The Bertz CT molecular complexity index is 488. The van der Waals surface area contributed by atoms with Gasteiger partial charge in [-0.3, -0.25) is 4.79 Å². The average Bonchev–Trinajstić information content (AvgIpc) is 2.81. The molecule has 2 N–H and O–H groups in total. The van der Waals surface area contributed by atoms with Crippen molar-refractivity contribution < 1.29 is 19.4 Å². The maximum absolute atomic E-state index is 12.1. The molecule has 1 unspecified atom stereocenters. The van der Waals surface area contributed by atoms with Crippen molar-refractivity contribution in [1.29, 1.82) is 0 Å².